The van der Waals surface area contributed by atoms with Gasteiger partial charge in [-0.05, 0) is 51.4 Å². The lowest BCUT2D eigenvalue weighted by Crippen LogP contribution is -2.32. The molecular formula is C25H31N7O2S. The fraction of sp³-hybridized carbons (Fsp3) is 0.440. The Hall–Kier alpha value is -3.24. The quantitative estimate of drug-likeness (QED) is 0.360. The van der Waals surface area contributed by atoms with E-state index in [0.717, 1.165) is 70.6 Å². The predicted molar refractivity (Wildman–Crippen MR) is 140 cm³/mol. The number of carbonyl (C=O) groups excluding carboxylic acids is 1. The molecule has 0 spiro atoms. The molecule has 1 amide bonds. The first-order valence-electron chi connectivity index (χ1n) is 11.9. The van der Waals surface area contributed by atoms with Crippen LogP contribution in [0.15, 0.2) is 24.7 Å². The topological polar surface area (TPSA) is 99.3 Å². The van der Waals surface area contributed by atoms with Gasteiger partial charge in [0.1, 0.15) is 22.7 Å². The van der Waals surface area contributed by atoms with Gasteiger partial charge in [0.15, 0.2) is 0 Å². The van der Waals surface area contributed by atoms with E-state index in [4.69, 9.17) is 4.74 Å². The van der Waals surface area contributed by atoms with Gasteiger partial charge in [-0.15, -0.1) is 11.3 Å². The summed E-state index contributed by atoms with van der Waals surface area (Å²) < 4.78 is 6.19. The number of ether oxygens (including phenoxy) is 1. The lowest BCUT2D eigenvalue weighted by molar-refractivity contribution is -0.133. The minimum Gasteiger partial charge on any atom is -0.491 e. The van der Waals surface area contributed by atoms with Crippen LogP contribution in [0.4, 0.5) is 11.5 Å². The van der Waals surface area contributed by atoms with Gasteiger partial charge in [0.05, 0.1) is 29.4 Å². The molecule has 3 heterocycles. The Balaban J connectivity index is 1.46. The number of hydrogen-bond donors (Lipinski definition) is 2. The number of carbonyl (C=O) groups is 1. The van der Waals surface area contributed by atoms with Crippen LogP contribution in [-0.4, -0.2) is 77.2 Å². The zero-order valence-corrected chi connectivity index (χ0v) is 21.4. The largest absolute Gasteiger partial charge is 0.491 e. The first-order valence-corrected chi connectivity index (χ1v) is 12.7. The van der Waals surface area contributed by atoms with Crippen molar-refractivity contribution >= 4 is 49.9 Å². The standard InChI is InChI=1S/C25H31N7O2S/c1-31(2)8-5-9-34-20-12-18-16(13-28-30-18)10-19(20)29-23-22-17-7-6-15(25(33)32(3)4)11-21(17)35-24(22)27-14-26-23/h10,12-15H,5-9,11H2,1-4H3,(H,28,30)(H,26,27,29)/t15-/m0/s1. The fourth-order valence-corrected chi connectivity index (χ4v) is 5.93. The van der Waals surface area contributed by atoms with E-state index in [-0.39, 0.29) is 11.8 Å². The molecule has 0 fully saturated rings. The highest BCUT2D eigenvalue weighted by Gasteiger charge is 2.30. The molecule has 10 heteroatoms. The molecule has 3 aromatic heterocycles. The van der Waals surface area contributed by atoms with E-state index in [2.05, 4.69) is 44.5 Å². The minimum atomic E-state index is 0.0283. The van der Waals surface area contributed by atoms with Crippen LogP contribution in [0.1, 0.15) is 23.3 Å². The van der Waals surface area contributed by atoms with Crippen molar-refractivity contribution in [2.24, 2.45) is 5.92 Å². The molecule has 1 aliphatic rings. The lowest BCUT2D eigenvalue weighted by Gasteiger charge is -2.24. The van der Waals surface area contributed by atoms with Gasteiger partial charge in [0, 0.05) is 42.9 Å². The molecule has 1 atom stereocenters. The highest BCUT2D eigenvalue weighted by Crippen LogP contribution is 2.41. The molecule has 5 rings (SSSR count). The first kappa shape index (κ1) is 23.5. The van der Waals surface area contributed by atoms with Gasteiger partial charge in [-0.2, -0.15) is 5.10 Å². The summed E-state index contributed by atoms with van der Waals surface area (Å²) >= 11 is 1.67. The highest BCUT2D eigenvalue weighted by molar-refractivity contribution is 7.19. The Labute approximate surface area is 208 Å². The van der Waals surface area contributed by atoms with E-state index in [9.17, 15) is 4.79 Å². The number of fused-ring (bicyclic) bond motifs is 4. The number of nitrogens with zero attached hydrogens (tertiary/aromatic N) is 5. The van der Waals surface area contributed by atoms with E-state index in [0.29, 0.717) is 6.61 Å². The number of aromatic nitrogens is 4. The molecule has 0 bridgehead atoms. The summed E-state index contributed by atoms with van der Waals surface area (Å²) in [6.07, 6.45) is 6.77. The molecule has 2 N–H and O–H groups in total. The Morgan fingerprint density at radius 1 is 1.26 bits per heavy atom. The van der Waals surface area contributed by atoms with Crippen molar-refractivity contribution in [2.45, 2.75) is 25.7 Å². The zero-order chi connectivity index (χ0) is 24.5. The number of thiophene rings is 1. The minimum absolute atomic E-state index is 0.0283. The van der Waals surface area contributed by atoms with Crippen LogP contribution in [-0.2, 0) is 17.6 Å². The predicted octanol–water partition coefficient (Wildman–Crippen LogP) is 3.83. The molecule has 9 nitrogen and oxygen atoms in total. The normalized spacial score (nSPS) is 15.5. The summed E-state index contributed by atoms with van der Waals surface area (Å²) in [5.41, 5.74) is 3.03. The molecule has 184 valence electrons. The summed E-state index contributed by atoms with van der Waals surface area (Å²) in [6, 6.07) is 4.03. The van der Waals surface area contributed by atoms with Gasteiger partial charge in [-0.3, -0.25) is 9.89 Å². The van der Waals surface area contributed by atoms with Gasteiger partial charge in [-0.1, -0.05) is 0 Å². The second-order valence-corrected chi connectivity index (χ2v) is 10.6. The Bertz CT molecular complexity index is 1360. The van der Waals surface area contributed by atoms with E-state index < -0.39 is 0 Å². The van der Waals surface area contributed by atoms with Gasteiger partial charge < -0.3 is 19.9 Å². The summed E-state index contributed by atoms with van der Waals surface area (Å²) in [4.78, 5) is 27.8. The fourth-order valence-electron chi connectivity index (χ4n) is 4.66. The molecule has 0 aliphatic heterocycles. The number of aromatic amines is 1. The van der Waals surface area contributed by atoms with Crippen LogP contribution >= 0.6 is 11.3 Å². The molecular weight excluding hydrogens is 462 g/mol. The average Bonchev–Trinajstić information content (AvgIpc) is 3.44. The van der Waals surface area contributed by atoms with E-state index in [1.165, 1.54) is 10.4 Å². The van der Waals surface area contributed by atoms with Crippen molar-refractivity contribution in [1.29, 1.82) is 0 Å². The Morgan fingerprint density at radius 3 is 2.91 bits per heavy atom. The van der Waals surface area contributed by atoms with Crippen LogP contribution in [0.3, 0.4) is 0 Å². The summed E-state index contributed by atoms with van der Waals surface area (Å²) in [5, 5.41) is 12.8. The van der Waals surface area contributed by atoms with E-state index in [1.807, 2.05) is 26.2 Å². The number of anilines is 2. The second-order valence-electron chi connectivity index (χ2n) is 9.51. The Morgan fingerprint density at radius 2 is 2.11 bits per heavy atom. The number of nitrogens with one attached hydrogen (secondary N) is 2. The molecule has 1 aliphatic carbocycles. The smallest absolute Gasteiger partial charge is 0.225 e. The van der Waals surface area contributed by atoms with Crippen LogP contribution in [0.2, 0.25) is 0 Å². The van der Waals surface area contributed by atoms with Crippen LogP contribution < -0.4 is 10.1 Å². The third kappa shape index (κ3) is 4.81. The maximum Gasteiger partial charge on any atom is 0.225 e. The first-order chi connectivity index (χ1) is 16.9. The SMILES string of the molecule is CN(C)CCCOc1cc2[nH]ncc2cc1Nc1ncnc2sc3c(c12)CC[C@H](C(=O)N(C)C)C3. The number of benzene rings is 1. The summed E-state index contributed by atoms with van der Waals surface area (Å²) in [7, 11) is 7.77. The third-order valence-corrected chi connectivity index (χ3v) is 7.60. The average molecular weight is 494 g/mol. The highest BCUT2D eigenvalue weighted by atomic mass is 32.1. The number of rotatable bonds is 8. The molecule has 4 aromatic rings. The van der Waals surface area contributed by atoms with Gasteiger partial charge in [0.2, 0.25) is 5.91 Å². The van der Waals surface area contributed by atoms with Crippen molar-refractivity contribution in [2.75, 3.05) is 46.7 Å². The van der Waals surface area contributed by atoms with Crippen LogP contribution in [0.5, 0.6) is 5.75 Å². The molecule has 0 saturated heterocycles. The summed E-state index contributed by atoms with van der Waals surface area (Å²) in [5.74, 6) is 1.75. The van der Waals surface area contributed by atoms with Crippen molar-refractivity contribution in [3.63, 3.8) is 0 Å². The Kier molecular flexibility index (Phi) is 6.57. The van der Waals surface area contributed by atoms with Gasteiger partial charge >= 0.3 is 0 Å². The maximum absolute atomic E-state index is 12.6. The number of hydrogen-bond acceptors (Lipinski definition) is 8. The van der Waals surface area contributed by atoms with Crippen molar-refractivity contribution in [3.8, 4) is 5.75 Å². The molecule has 35 heavy (non-hydrogen) atoms. The maximum atomic E-state index is 12.6. The van der Waals surface area contributed by atoms with Crippen LogP contribution in [0, 0.1) is 5.92 Å². The molecule has 0 saturated carbocycles. The third-order valence-electron chi connectivity index (χ3n) is 6.44. The molecule has 0 unspecified atom stereocenters. The second kappa shape index (κ2) is 9.79. The van der Waals surface area contributed by atoms with Crippen LogP contribution in [0.25, 0.3) is 21.1 Å². The van der Waals surface area contributed by atoms with Crippen molar-refractivity contribution in [1.82, 2.24) is 30.0 Å². The van der Waals surface area contributed by atoms with Gasteiger partial charge in [0.25, 0.3) is 0 Å². The van der Waals surface area contributed by atoms with E-state index in [1.54, 1.807) is 28.8 Å². The monoisotopic (exact) mass is 493 g/mol. The lowest BCUT2D eigenvalue weighted by atomic mass is 9.87. The van der Waals surface area contributed by atoms with Crippen molar-refractivity contribution < 1.29 is 9.53 Å². The number of aryl methyl sites for hydroxylation is 1. The van der Waals surface area contributed by atoms with E-state index >= 15 is 0 Å². The summed E-state index contributed by atoms with van der Waals surface area (Å²) in [6.45, 7) is 1.57. The molecule has 1 aromatic carbocycles. The molecule has 0 radical (unpaired) electrons. The number of amides is 1. The van der Waals surface area contributed by atoms with Crippen molar-refractivity contribution in [3.05, 3.63) is 35.1 Å². The zero-order valence-electron chi connectivity index (χ0n) is 20.6. The number of H-pyrrole nitrogens is 1. The van der Waals surface area contributed by atoms with Gasteiger partial charge in [-0.25, -0.2) is 9.97 Å².